The molecule has 0 saturated carbocycles. The van der Waals surface area contributed by atoms with Gasteiger partial charge in [0, 0.05) is 21.7 Å². The van der Waals surface area contributed by atoms with E-state index >= 15 is 0 Å². The molecule has 108 valence electrons. The summed E-state index contributed by atoms with van der Waals surface area (Å²) in [5.41, 5.74) is 8.37. The van der Waals surface area contributed by atoms with E-state index in [0.717, 1.165) is 11.4 Å². The maximum atomic E-state index is 5.85. The van der Waals surface area contributed by atoms with E-state index in [2.05, 4.69) is 52.0 Å². The van der Waals surface area contributed by atoms with Gasteiger partial charge in [0.1, 0.15) is 5.01 Å². The fourth-order valence-electron chi connectivity index (χ4n) is 2.04. The van der Waals surface area contributed by atoms with Crippen molar-refractivity contribution in [3.05, 3.63) is 45.4 Å². The Bertz CT molecular complexity index is 582. The van der Waals surface area contributed by atoms with Crippen molar-refractivity contribution in [2.75, 3.05) is 0 Å². The molecule has 0 aliphatic rings. The molecule has 20 heavy (non-hydrogen) atoms. The summed E-state index contributed by atoms with van der Waals surface area (Å²) in [5.74, 6) is 0.914. The largest absolute Gasteiger partial charge is 0.326 e. The first-order valence-electron chi connectivity index (χ1n) is 6.78. The van der Waals surface area contributed by atoms with Crippen LogP contribution in [0.25, 0.3) is 0 Å². The predicted molar refractivity (Wildman–Crippen MR) is 89.4 cm³/mol. The molecule has 0 amide bonds. The van der Waals surface area contributed by atoms with Crippen LogP contribution in [0.15, 0.2) is 29.2 Å². The lowest BCUT2D eigenvalue weighted by atomic mass is 9.91. The highest BCUT2D eigenvalue weighted by Gasteiger charge is 2.22. The second-order valence-corrected chi connectivity index (χ2v) is 8.16. The zero-order valence-electron chi connectivity index (χ0n) is 12.6. The van der Waals surface area contributed by atoms with E-state index in [4.69, 9.17) is 10.7 Å². The van der Waals surface area contributed by atoms with Crippen molar-refractivity contribution >= 4 is 23.1 Å². The lowest BCUT2D eigenvalue weighted by molar-refractivity contribution is 0.565. The number of thioether (sulfide) groups is 1. The van der Waals surface area contributed by atoms with Crippen molar-refractivity contribution < 1.29 is 0 Å². The minimum absolute atomic E-state index is 0.0669. The second-order valence-electron chi connectivity index (χ2n) is 5.94. The van der Waals surface area contributed by atoms with E-state index in [0.29, 0.717) is 6.54 Å². The maximum absolute atomic E-state index is 5.85. The molecule has 1 aromatic carbocycles. The van der Waals surface area contributed by atoms with Crippen LogP contribution in [-0.4, -0.2) is 4.98 Å². The Morgan fingerprint density at radius 3 is 2.60 bits per heavy atom. The van der Waals surface area contributed by atoms with Gasteiger partial charge in [-0.25, -0.2) is 4.98 Å². The fraction of sp³-hybridized carbons (Fsp3) is 0.438. The van der Waals surface area contributed by atoms with Crippen LogP contribution in [-0.2, 0) is 17.7 Å². The molecule has 0 radical (unpaired) electrons. The smallest absolute Gasteiger partial charge is 0.103 e. The molecule has 0 saturated heterocycles. The van der Waals surface area contributed by atoms with Crippen molar-refractivity contribution in [2.45, 2.75) is 50.3 Å². The molecule has 0 spiro atoms. The summed E-state index contributed by atoms with van der Waals surface area (Å²) in [7, 11) is 0. The topological polar surface area (TPSA) is 38.9 Å². The fourth-order valence-corrected chi connectivity index (χ4v) is 4.20. The number of aryl methyl sites for hydroxylation is 1. The van der Waals surface area contributed by atoms with Gasteiger partial charge in [-0.3, -0.25) is 0 Å². The van der Waals surface area contributed by atoms with Crippen LogP contribution in [0, 0.1) is 6.92 Å². The molecule has 0 atom stereocenters. The minimum Gasteiger partial charge on any atom is -0.326 e. The number of hydrogen-bond acceptors (Lipinski definition) is 4. The molecule has 4 heteroatoms. The number of rotatable bonds is 4. The Balaban J connectivity index is 2.12. The summed E-state index contributed by atoms with van der Waals surface area (Å²) in [6.45, 7) is 9.28. The van der Waals surface area contributed by atoms with Gasteiger partial charge >= 0.3 is 0 Å². The van der Waals surface area contributed by atoms with E-state index in [9.17, 15) is 0 Å². The molecule has 1 aromatic heterocycles. The van der Waals surface area contributed by atoms with E-state index in [1.807, 2.05) is 11.8 Å². The average Bonchev–Trinajstić information content (AvgIpc) is 2.80. The van der Waals surface area contributed by atoms with Crippen molar-refractivity contribution in [2.24, 2.45) is 5.73 Å². The lowest BCUT2D eigenvalue weighted by Crippen LogP contribution is -2.15. The van der Waals surface area contributed by atoms with Crippen molar-refractivity contribution in [3.8, 4) is 0 Å². The molecule has 2 aromatic rings. The van der Waals surface area contributed by atoms with Crippen LogP contribution in [0.3, 0.4) is 0 Å². The summed E-state index contributed by atoms with van der Waals surface area (Å²) in [5, 5.41) is 1.17. The quantitative estimate of drug-likeness (QED) is 0.845. The Kier molecular flexibility index (Phi) is 4.89. The summed E-state index contributed by atoms with van der Waals surface area (Å²) in [6, 6.07) is 8.59. The van der Waals surface area contributed by atoms with E-state index in [-0.39, 0.29) is 5.41 Å². The molecule has 0 unspecified atom stereocenters. The third-order valence-electron chi connectivity index (χ3n) is 2.99. The van der Waals surface area contributed by atoms with Crippen LogP contribution < -0.4 is 5.73 Å². The monoisotopic (exact) mass is 306 g/mol. The zero-order valence-corrected chi connectivity index (χ0v) is 14.2. The Morgan fingerprint density at radius 2 is 2.05 bits per heavy atom. The Morgan fingerprint density at radius 1 is 1.30 bits per heavy atom. The first kappa shape index (κ1) is 15.5. The number of thiazole rings is 1. The minimum atomic E-state index is 0.0669. The SMILES string of the molecule is Cc1cccc(SCc2nc(C(C)(C)C)c(CN)s2)c1. The van der Waals surface area contributed by atoms with E-state index in [1.54, 1.807) is 11.3 Å². The molecule has 0 aliphatic carbocycles. The predicted octanol–water partition coefficient (Wildman–Crippen LogP) is 4.50. The molecular weight excluding hydrogens is 284 g/mol. The van der Waals surface area contributed by atoms with Gasteiger partial charge < -0.3 is 5.73 Å². The Labute approximate surface area is 129 Å². The van der Waals surface area contributed by atoms with Crippen molar-refractivity contribution in [3.63, 3.8) is 0 Å². The highest BCUT2D eigenvalue weighted by molar-refractivity contribution is 7.98. The van der Waals surface area contributed by atoms with Gasteiger partial charge in [0.2, 0.25) is 0 Å². The third kappa shape index (κ3) is 3.84. The molecule has 0 fully saturated rings. The molecule has 2 rings (SSSR count). The normalized spacial score (nSPS) is 11.8. The highest BCUT2D eigenvalue weighted by atomic mass is 32.2. The van der Waals surface area contributed by atoms with Crippen LogP contribution in [0.2, 0.25) is 0 Å². The summed E-state index contributed by atoms with van der Waals surface area (Å²) in [6.07, 6.45) is 0. The number of benzene rings is 1. The number of nitrogens with zero attached hydrogens (tertiary/aromatic N) is 1. The van der Waals surface area contributed by atoms with Gasteiger partial charge in [-0.1, -0.05) is 38.5 Å². The summed E-state index contributed by atoms with van der Waals surface area (Å²) in [4.78, 5) is 7.33. The molecule has 0 aliphatic heterocycles. The Hall–Kier alpha value is -0.840. The molecule has 1 heterocycles. The third-order valence-corrected chi connectivity index (χ3v) is 5.25. The molecule has 2 nitrogen and oxygen atoms in total. The lowest BCUT2D eigenvalue weighted by Gasteiger charge is -2.16. The van der Waals surface area contributed by atoms with Gasteiger partial charge in [0.25, 0.3) is 0 Å². The van der Waals surface area contributed by atoms with Crippen LogP contribution in [0.4, 0.5) is 0 Å². The maximum Gasteiger partial charge on any atom is 0.103 e. The van der Waals surface area contributed by atoms with Gasteiger partial charge in [0.15, 0.2) is 0 Å². The van der Waals surface area contributed by atoms with Gasteiger partial charge in [0.05, 0.1) is 11.4 Å². The van der Waals surface area contributed by atoms with E-state index < -0.39 is 0 Å². The van der Waals surface area contributed by atoms with Gasteiger partial charge in [-0.2, -0.15) is 0 Å². The average molecular weight is 306 g/mol. The van der Waals surface area contributed by atoms with Crippen molar-refractivity contribution in [1.82, 2.24) is 4.98 Å². The van der Waals surface area contributed by atoms with Crippen LogP contribution in [0.5, 0.6) is 0 Å². The molecule has 0 bridgehead atoms. The second kappa shape index (κ2) is 6.29. The summed E-state index contributed by atoms with van der Waals surface area (Å²) < 4.78 is 0. The first-order chi connectivity index (χ1) is 9.40. The van der Waals surface area contributed by atoms with Gasteiger partial charge in [-0.15, -0.1) is 23.1 Å². The van der Waals surface area contributed by atoms with Crippen LogP contribution in [0.1, 0.15) is 41.9 Å². The number of aromatic nitrogens is 1. The van der Waals surface area contributed by atoms with Crippen molar-refractivity contribution in [1.29, 1.82) is 0 Å². The molecule has 2 N–H and O–H groups in total. The number of hydrogen-bond donors (Lipinski definition) is 1. The number of nitrogens with two attached hydrogens (primary N) is 1. The van der Waals surface area contributed by atoms with Gasteiger partial charge in [-0.05, 0) is 19.1 Å². The molecular formula is C16H22N2S2. The standard InChI is InChI=1S/C16H22N2S2/c1-11-6-5-7-12(8-11)19-10-14-18-15(16(2,3)4)13(9-17)20-14/h5-8H,9-10,17H2,1-4H3. The highest BCUT2D eigenvalue weighted by Crippen LogP contribution is 2.32. The first-order valence-corrected chi connectivity index (χ1v) is 8.59. The summed E-state index contributed by atoms with van der Waals surface area (Å²) >= 11 is 3.59. The zero-order chi connectivity index (χ0) is 14.8. The van der Waals surface area contributed by atoms with Crippen LogP contribution >= 0.6 is 23.1 Å². The van der Waals surface area contributed by atoms with E-state index in [1.165, 1.54) is 20.3 Å².